The smallest absolute Gasteiger partial charge is 0.128 e. The third-order valence-corrected chi connectivity index (χ3v) is 2.48. The molecule has 0 spiro atoms. The number of rotatable bonds is 2. The number of nitrogens with zero attached hydrogens (tertiary/aromatic N) is 2. The van der Waals surface area contributed by atoms with Gasteiger partial charge in [-0.1, -0.05) is 6.07 Å². The molecule has 2 rings (SSSR count). The highest BCUT2D eigenvalue weighted by molar-refractivity contribution is 5.40. The molecular formula is C11H15N2. The maximum atomic E-state index is 4.54. The fourth-order valence-corrected chi connectivity index (χ4v) is 1.73. The van der Waals surface area contributed by atoms with E-state index in [-0.39, 0.29) is 0 Å². The Morgan fingerprint density at radius 2 is 2.08 bits per heavy atom. The van der Waals surface area contributed by atoms with Gasteiger partial charge in [0.25, 0.3) is 0 Å². The lowest BCUT2D eigenvalue weighted by Crippen LogP contribution is -2.19. The Bertz CT molecular complexity index is 277. The van der Waals surface area contributed by atoms with Crippen LogP contribution in [0.2, 0.25) is 0 Å². The lowest BCUT2D eigenvalue weighted by Gasteiger charge is -2.16. The largest absolute Gasteiger partial charge is 0.357 e. The molecule has 2 heterocycles. The van der Waals surface area contributed by atoms with Crippen molar-refractivity contribution >= 4 is 5.82 Å². The van der Waals surface area contributed by atoms with Crippen LogP contribution in [0.5, 0.6) is 0 Å². The Kier molecular flexibility index (Phi) is 2.48. The summed E-state index contributed by atoms with van der Waals surface area (Å²) in [4.78, 5) is 6.88. The second-order valence-corrected chi connectivity index (χ2v) is 3.43. The van der Waals surface area contributed by atoms with Gasteiger partial charge in [-0.2, -0.15) is 0 Å². The summed E-state index contributed by atoms with van der Waals surface area (Å²) in [6.45, 7) is 6.16. The van der Waals surface area contributed by atoms with Crippen LogP contribution in [0.1, 0.15) is 18.5 Å². The first-order valence-electron chi connectivity index (χ1n) is 4.90. The number of aromatic nitrogens is 1. The van der Waals surface area contributed by atoms with Crippen molar-refractivity contribution in [3.63, 3.8) is 0 Å². The third-order valence-electron chi connectivity index (χ3n) is 2.48. The second-order valence-electron chi connectivity index (χ2n) is 3.43. The highest BCUT2D eigenvalue weighted by Crippen LogP contribution is 2.17. The molecule has 13 heavy (non-hydrogen) atoms. The molecule has 0 amide bonds. The normalized spacial score (nSPS) is 16.5. The molecule has 0 N–H and O–H groups in total. The Morgan fingerprint density at radius 3 is 2.77 bits per heavy atom. The Balaban J connectivity index is 2.18. The van der Waals surface area contributed by atoms with E-state index in [0.717, 1.165) is 31.0 Å². The highest BCUT2D eigenvalue weighted by atomic mass is 15.2. The van der Waals surface area contributed by atoms with E-state index in [1.165, 1.54) is 12.8 Å². The van der Waals surface area contributed by atoms with Crippen LogP contribution in [0.3, 0.4) is 0 Å². The lowest BCUT2D eigenvalue weighted by atomic mass is 10.3. The molecule has 1 fully saturated rings. The van der Waals surface area contributed by atoms with Crippen molar-refractivity contribution in [3.8, 4) is 0 Å². The van der Waals surface area contributed by atoms with Gasteiger partial charge >= 0.3 is 0 Å². The van der Waals surface area contributed by atoms with Gasteiger partial charge in [0.05, 0.1) is 0 Å². The van der Waals surface area contributed by atoms with Crippen molar-refractivity contribution in [3.05, 3.63) is 30.8 Å². The van der Waals surface area contributed by atoms with E-state index in [0.29, 0.717) is 0 Å². The number of hydrogen-bond acceptors (Lipinski definition) is 2. The molecule has 1 aliphatic heterocycles. The van der Waals surface area contributed by atoms with E-state index in [1.807, 2.05) is 6.07 Å². The summed E-state index contributed by atoms with van der Waals surface area (Å²) in [6, 6.07) is 6.19. The summed E-state index contributed by atoms with van der Waals surface area (Å²) in [5, 5.41) is 0. The van der Waals surface area contributed by atoms with Crippen molar-refractivity contribution < 1.29 is 0 Å². The number of pyridine rings is 1. The maximum Gasteiger partial charge on any atom is 0.128 e. The van der Waals surface area contributed by atoms with Gasteiger partial charge in [0.1, 0.15) is 5.82 Å². The van der Waals surface area contributed by atoms with Gasteiger partial charge in [-0.05, 0) is 38.3 Å². The van der Waals surface area contributed by atoms with Gasteiger partial charge in [-0.15, -0.1) is 0 Å². The summed E-state index contributed by atoms with van der Waals surface area (Å²) >= 11 is 0. The predicted octanol–water partition coefficient (Wildman–Crippen LogP) is 2.06. The van der Waals surface area contributed by atoms with Gasteiger partial charge in [0, 0.05) is 18.8 Å². The molecule has 0 bridgehead atoms. The van der Waals surface area contributed by atoms with E-state index in [9.17, 15) is 0 Å². The van der Waals surface area contributed by atoms with Crippen LogP contribution in [0.4, 0.5) is 5.82 Å². The average molecular weight is 175 g/mol. The average Bonchev–Trinajstić information content (AvgIpc) is 2.71. The van der Waals surface area contributed by atoms with E-state index in [2.05, 4.69) is 28.9 Å². The van der Waals surface area contributed by atoms with Gasteiger partial charge in [0.15, 0.2) is 0 Å². The van der Waals surface area contributed by atoms with Crippen LogP contribution >= 0.6 is 0 Å². The Labute approximate surface area is 79.6 Å². The van der Waals surface area contributed by atoms with Crippen LogP contribution in [0, 0.1) is 6.92 Å². The van der Waals surface area contributed by atoms with Crippen molar-refractivity contribution in [2.75, 3.05) is 18.0 Å². The van der Waals surface area contributed by atoms with E-state index in [4.69, 9.17) is 0 Å². The van der Waals surface area contributed by atoms with Crippen LogP contribution in [-0.2, 0) is 6.42 Å². The van der Waals surface area contributed by atoms with Crippen LogP contribution in [0.25, 0.3) is 0 Å². The molecule has 1 aliphatic rings. The molecule has 1 aromatic heterocycles. The molecule has 0 unspecified atom stereocenters. The van der Waals surface area contributed by atoms with E-state index >= 15 is 0 Å². The van der Waals surface area contributed by atoms with E-state index in [1.54, 1.807) is 0 Å². The van der Waals surface area contributed by atoms with Crippen LogP contribution in [0.15, 0.2) is 18.2 Å². The molecule has 0 aliphatic carbocycles. The zero-order valence-electron chi connectivity index (χ0n) is 7.87. The zero-order valence-corrected chi connectivity index (χ0v) is 7.87. The molecule has 1 aromatic rings. The minimum atomic E-state index is 0.779. The fourth-order valence-electron chi connectivity index (χ4n) is 1.73. The van der Waals surface area contributed by atoms with Gasteiger partial charge < -0.3 is 4.90 Å². The molecular weight excluding hydrogens is 160 g/mol. The molecule has 1 saturated heterocycles. The molecule has 69 valence electrons. The fraction of sp³-hybridized carbons (Fsp3) is 0.455. The topological polar surface area (TPSA) is 16.1 Å². The third kappa shape index (κ3) is 1.82. The zero-order chi connectivity index (χ0) is 9.10. The lowest BCUT2D eigenvalue weighted by molar-refractivity contribution is 0.922. The molecule has 0 atom stereocenters. The van der Waals surface area contributed by atoms with Crippen molar-refractivity contribution in [1.82, 2.24) is 4.98 Å². The summed E-state index contributed by atoms with van der Waals surface area (Å²) in [5.74, 6) is 1.12. The molecule has 0 aromatic carbocycles. The molecule has 2 nitrogen and oxygen atoms in total. The van der Waals surface area contributed by atoms with Crippen molar-refractivity contribution in [1.29, 1.82) is 0 Å². The molecule has 2 heteroatoms. The van der Waals surface area contributed by atoms with Crippen LogP contribution in [-0.4, -0.2) is 18.1 Å². The Morgan fingerprint density at radius 1 is 1.31 bits per heavy atom. The highest BCUT2D eigenvalue weighted by Gasteiger charge is 2.12. The summed E-state index contributed by atoms with van der Waals surface area (Å²) in [7, 11) is 0. The summed E-state index contributed by atoms with van der Waals surface area (Å²) < 4.78 is 0. The summed E-state index contributed by atoms with van der Waals surface area (Å²) in [6.07, 6.45) is 3.38. The molecule has 1 radical (unpaired) electrons. The first-order chi connectivity index (χ1) is 6.40. The van der Waals surface area contributed by atoms with Gasteiger partial charge in [0.2, 0.25) is 0 Å². The molecule has 0 saturated carbocycles. The van der Waals surface area contributed by atoms with Gasteiger partial charge in [-0.25, -0.2) is 4.98 Å². The van der Waals surface area contributed by atoms with Crippen LogP contribution < -0.4 is 4.90 Å². The summed E-state index contributed by atoms with van der Waals surface area (Å²) in [5.41, 5.74) is 1.09. The first-order valence-corrected chi connectivity index (χ1v) is 4.90. The Hall–Kier alpha value is -1.05. The first kappa shape index (κ1) is 8.54. The van der Waals surface area contributed by atoms with Gasteiger partial charge in [-0.3, -0.25) is 0 Å². The standard InChI is InChI=1S/C11H15N2/c1-2-10-6-5-7-11(12-10)13-8-3-4-9-13/h5-7H,1-4,8-9H2. The predicted molar refractivity (Wildman–Crippen MR) is 54.7 cm³/mol. The van der Waals surface area contributed by atoms with Crippen molar-refractivity contribution in [2.24, 2.45) is 0 Å². The minimum absolute atomic E-state index is 0.779. The number of anilines is 1. The minimum Gasteiger partial charge on any atom is -0.357 e. The number of hydrogen-bond donors (Lipinski definition) is 0. The quantitative estimate of drug-likeness (QED) is 0.684. The second kappa shape index (κ2) is 3.77. The SMILES string of the molecule is [CH2]Cc1cccc(N2CCCC2)n1. The van der Waals surface area contributed by atoms with E-state index < -0.39 is 0 Å². The monoisotopic (exact) mass is 175 g/mol. The maximum absolute atomic E-state index is 4.54. The van der Waals surface area contributed by atoms with Crippen molar-refractivity contribution in [2.45, 2.75) is 19.3 Å².